The molecule has 26 heavy (non-hydrogen) atoms. The summed E-state index contributed by atoms with van der Waals surface area (Å²) in [6.45, 7) is 3.44. The molecule has 3 N–H and O–H groups in total. The SMILES string of the molecule is CC1=C(C(=O)Nc2cc(Cl)ccc2C)[C@@H](c2ccccc2F)NC(=O)N1. The number of amides is 3. The summed E-state index contributed by atoms with van der Waals surface area (Å²) >= 11 is 6.00. The molecule has 0 radical (unpaired) electrons. The quantitative estimate of drug-likeness (QED) is 0.759. The second-order valence-electron chi connectivity index (χ2n) is 6.01. The molecule has 0 bridgehead atoms. The lowest BCUT2D eigenvalue weighted by Gasteiger charge is -2.29. The highest BCUT2D eigenvalue weighted by Crippen LogP contribution is 2.30. The summed E-state index contributed by atoms with van der Waals surface area (Å²) in [5.41, 5.74) is 2.19. The molecule has 0 saturated carbocycles. The fourth-order valence-electron chi connectivity index (χ4n) is 2.86. The van der Waals surface area contributed by atoms with Gasteiger partial charge in [0.25, 0.3) is 5.91 Å². The summed E-state index contributed by atoms with van der Waals surface area (Å²) in [7, 11) is 0. The maximum Gasteiger partial charge on any atom is 0.319 e. The first-order chi connectivity index (χ1) is 12.4. The van der Waals surface area contributed by atoms with E-state index in [4.69, 9.17) is 11.6 Å². The average Bonchev–Trinajstić information content (AvgIpc) is 2.57. The van der Waals surface area contributed by atoms with Crippen LogP contribution in [-0.4, -0.2) is 11.9 Å². The van der Waals surface area contributed by atoms with Crippen molar-refractivity contribution in [1.82, 2.24) is 10.6 Å². The van der Waals surface area contributed by atoms with Crippen molar-refractivity contribution in [3.63, 3.8) is 0 Å². The molecule has 1 aliphatic rings. The van der Waals surface area contributed by atoms with Crippen molar-refractivity contribution in [2.45, 2.75) is 19.9 Å². The molecule has 0 unspecified atom stereocenters. The Hall–Kier alpha value is -2.86. The van der Waals surface area contributed by atoms with Gasteiger partial charge in [-0.3, -0.25) is 4.79 Å². The molecule has 134 valence electrons. The first-order valence-corrected chi connectivity index (χ1v) is 8.35. The Morgan fingerprint density at radius 3 is 2.65 bits per heavy atom. The third kappa shape index (κ3) is 3.55. The van der Waals surface area contributed by atoms with E-state index in [-0.39, 0.29) is 11.1 Å². The molecule has 7 heteroatoms. The highest BCUT2D eigenvalue weighted by Gasteiger charge is 2.32. The Morgan fingerprint density at radius 1 is 1.19 bits per heavy atom. The number of hydrogen-bond donors (Lipinski definition) is 3. The van der Waals surface area contributed by atoms with Crippen LogP contribution in [0.4, 0.5) is 14.9 Å². The number of carbonyl (C=O) groups excluding carboxylic acids is 2. The largest absolute Gasteiger partial charge is 0.327 e. The van der Waals surface area contributed by atoms with Crippen molar-refractivity contribution >= 4 is 29.2 Å². The topological polar surface area (TPSA) is 70.2 Å². The second-order valence-corrected chi connectivity index (χ2v) is 6.44. The van der Waals surface area contributed by atoms with Crippen LogP contribution in [0.5, 0.6) is 0 Å². The molecule has 2 aromatic carbocycles. The van der Waals surface area contributed by atoms with Crippen LogP contribution in [0.3, 0.4) is 0 Å². The van der Waals surface area contributed by atoms with Gasteiger partial charge in [0.05, 0.1) is 11.6 Å². The maximum atomic E-state index is 14.3. The van der Waals surface area contributed by atoms with E-state index >= 15 is 0 Å². The van der Waals surface area contributed by atoms with E-state index in [0.717, 1.165) is 5.56 Å². The van der Waals surface area contributed by atoms with E-state index in [1.54, 1.807) is 37.3 Å². The van der Waals surface area contributed by atoms with Crippen LogP contribution < -0.4 is 16.0 Å². The van der Waals surface area contributed by atoms with E-state index in [1.165, 1.54) is 12.1 Å². The maximum absolute atomic E-state index is 14.3. The minimum absolute atomic E-state index is 0.217. The molecule has 5 nitrogen and oxygen atoms in total. The molecule has 0 spiro atoms. The number of nitrogens with one attached hydrogen (secondary N) is 3. The summed E-state index contributed by atoms with van der Waals surface area (Å²) < 4.78 is 14.3. The predicted molar refractivity (Wildman–Crippen MR) is 98.3 cm³/mol. The van der Waals surface area contributed by atoms with Crippen molar-refractivity contribution in [2.24, 2.45) is 0 Å². The molecular formula is C19H17ClFN3O2. The van der Waals surface area contributed by atoms with Crippen LogP contribution in [-0.2, 0) is 4.79 Å². The fraction of sp³-hybridized carbons (Fsp3) is 0.158. The van der Waals surface area contributed by atoms with Gasteiger partial charge in [-0.15, -0.1) is 0 Å². The number of aryl methyl sites for hydroxylation is 1. The van der Waals surface area contributed by atoms with Gasteiger partial charge in [-0.05, 0) is 37.6 Å². The van der Waals surface area contributed by atoms with Gasteiger partial charge in [0.15, 0.2) is 0 Å². The van der Waals surface area contributed by atoms with Gasteiger partial charge < -0.3 is 16.0 Å². The van der Waals surface area contributed by atoms with Gasteiger partial charge >= 0.3 is 6.03 Å². The molecule has 1 aliphatic heterocycles. The Bertz CT molecular complexity index is 927. The zero-order valence-corrected chi connectivity index (χ0v) is 14.9. The van der Waals surface area contributed by atoms with Crippen LogP contribution in [0.2, 0.25) is 5.02 Å². The Kier molecular flexibility index (Phi) is 4.95. The number of anilines is 1. The van der Waals surface area contributed by atoms with E-state index in [0.29, 0.717) is 16.4 Å². The summed E-state index contributed by atoms with van der Waals surface area (Å²) in [5.74, 6) is -0.953. The minimum atomic E-state index is -0.899. The van der Waals surface area contributed by atoms with Crippen molar-refractivity contribution in [3.05, 3.63) is 75.7 Å². The van der Waals surface area contributed by atoms with Crippen molar-refractivity contribution in [2.75, 3.05) is 5.32 Å². The van der Waals surface area contributed by atoms with Gasteiger partial charge in [-0.25, -0.2) is 9.18 Å². The number of hydrogen-bond acceptors (Lipinski definition) is 2. The number of rotatable bonds is 3. The van der Waals surface area contributed by atoms with Crippen LogP contribution in [0.1, 0.15) is 24.1 Å². The van der Waals surface area contributed by atoms with Gasteiger partial charge in [0.2, 0.25) is 0 Å². The molecule has 2 aromatic rings. The van der Waals surface area contributed by atoms with Crippen LogP contribution in [0.25, 0.3) is 0 Å². The highest BCUT2D eigenvalue weighted by molar-refractivity contribution is 6.31. The predicted octanol–water partition coefficient (Wildman–Crippen LogP) is 4.05. The molecule has 1 atom stereocenters. The Labute approximate surface area is 155 Å². The number of halogens is 2. The lowest BCUT2D eigenvalue weighted by atomic mass is 9.94. The number of urea groups is 1. The van der Waals surface area contributed by atoms with Gasteiger partial charge in [-0.1, -0.05) is 35.9 Å². The summed E-state index contributed by atoms with van der Waals surface area (Å²) in [5, 5.41) is 8.45. The number of carbonyl (C=O) groups is 2. The molecule has 0 saturated heterocycles. The first-order valence-electron chi connectivity index (χ1n) is 7.97. The molecule has 3 rings (SSSR count). The minimum Gasteiger partial charge on any atom is -0.327 e. The zero-order valence-electron chi connectivity index (χ0n) is 14.2. The smallest absolute Gasteiger partial charge is 0.319 e. The van der Waals surface area contributed by atoms with Gasteiger partial charge in [-0.2, -0.15) is 0 Å². The second kappa shape index (κ2) is 7.17. The van der Waals surface area contributed by atoms with E-state index < -0.39 is 23.8 Å². The molecule has 0 aliphatic carbocycles. The van der Waals surface area contributed by atoms with E-state index in [1.807, 2.05) is 6.92 Å². The lowest BCUT2D eigenvalue weighted by Crippen LogP contribution is -2.46. The van der Waals surface area contributed by atoms with E-state index in [2.05, 4.69) is 16.0 Å². The van der Waals surface area contributed by atoms with Crippen LogP contribution >= 0.6 is 11.6 Å². The Balaban J connectivity index is 2.00. The Morgan fingerprint density at radius 2 is 1.92 bits per heavy atom. The van der Waals surface area contributed by atoms with Crippen molar-refractivity contribution < 1.29 is 14.0 Å². The lowest BCUT2D eigenvalue weighted by molar-refractivity contribution is -0.113. The number of benzene rings is 2. The monoisotopic (exact) mass is 373 g/mol. The summed E-state index contributed by atoms with van der Waals surface area (Å²) in [4.78, 5) is 24.8. The third-order valence-corrected chi connectivity index (χ3v) is 4.41. The molecule has 1 heterocycles. The van der Waals surface area contributed by atoms with Crippen LogP contribution in [0, 0.1) is 12.7 Å². The van der Waals surface area contributed by atoms with Gasteiger partial charge in [0.1, 0.15) is 5.82 Å². The summed E-state index contributed by atoms with van der Waals surface area (Å²) in [6, 6.07) is 9.78. The molecule has 0 fully saturated rings. The first kappa shape index (κ1) is 17.9. The standard InChI is InChI=1S/C19H17ClFN3O2/c1-10-7-8-12(20)9-15(10)23-18(25)16-11(2)22-19(26)24-17(16)13-5-3-4-6-14(13)21/h3-9,17H,1-2H3,(H,23,25)(H2,22,24,26)/t17-/m1/s1. The van der Waals surface area contributed by atoms with Crippen LogP contribution in [0.15, 0.2) is 53.7 Å². The van der Waals surface area contributed by atoms with E-state index in [9.17, 15) is 14.0 Å². The molecule has 3 amide bonds. The summed E-state index contributed by atoms with van der Waals surface area (Å²) in [6.07, 6.45) is 0. The van der Waals surface area contributed by atoms with Crippen molar-refractivity contribution in [3.8, 4) is 0 Å². The average molecular weight is 374 g/mol. The fourth-order valence-corrected chi connectivity index (χ4v) is 3.03. The van der Waals surface area contributed by atoms with Gasteiger partial charge in [0, 0.05) is 22.0 Å². The van der Waals surface area contributed by atoms with Crippen molar-refractivity contribution in [1.29, 1.82) is 0 Å². The zero-order chi connectivity index (χ0) is 18.8. The highest BCUT2D eigenvalue weighted by atomic mass is 35.5. The number of allylic oxidation sites excluding steroid dienone is 1. The molecular weight excluding hydrogens is 357 g/mol. The third-order valence-electron chi connectivity index (χ3n) is 4.18. The molecule has 0 aromatic heterocycles. The normalized spacial score (nSPS) is 16.8.